The van der Waals surface area contributed by atoms with Gasteiger partial charge in [0.1, 0.15) is 0 Å². The molecule has 0 saturated carbocycles. The number of benzene rings is 3. The Morgan fingerprint density at radius 1 is 0.562 bits per heavy atom. The van der Waals surface area contributed by atoms with E-state index < -0.39 is 13.8 Å². The Kier molecular flexibility index (Phi) is 9.25. The second kappa shape index (κ2) is 12.1. The van der Waals surface area contributed by atoms with Crippen molar-refractivity contribution in [1.29, 1.82) is 0 Å². The molecule has 0 amide bonds. The van der Waals surface area contributed by atoms with Crippen LogP contribution in [0.5, 0.6) is 0 Å². The molecule has 1 heterocycles. The van der Waals surface area contributed by atoms with Gasteiger partial charge in [-0.3, -0.25) is 0 Å². The fraction of sp³-hybridized carbons (Fsp3) is 0.308. The van der Waals surface area contributed by atoms with Gasteiger partial charge in [-0.05, 0) is 0 Å². The van der Waals surface area contributed by atoms with Crippen LogP contribution in [0.25, 0.3) is 0 Å². The van der Waals surface area contributed by atoms with Gasteiger partial charge in [0.05, 0.1) is 0 Å². The predicted octanol–water partition coefficient (Wildman–Crippen LogP) is 6.99. The zero-order valence-electron chi connectivity index (χ0n) is 17.8. The molecule has 1 fully saturated rings. The fourth-order valence-corrected chi connectivity index (χ4v) is 15.6. The normalized spacial score (nSPS) is 23.5. The van der Waals surface area contributed by atoms with Crippen molar-refractivity contribution in [3.05, 3.63) is 108 Å². The van der Waals surface area contributed by atoms with Crippen molar-refractivity contribution in [2.45, 2.75) is 47.1 Å². The van der Waals surface area contributed by atoms with Crippen LogP contribution in [0.4, 0.5) is 0 Å². The molecule has 0 bridgehead atoms. The number of rotatable bonds is 9. The van der Waals surface area contributed by atoms with Crippen LogP contribution in [0, 0.1) is 0 Å². The molecule has 0 N–H and O–H groups in total. The second-order valence-corrected chi connectivity index (χ2v) is 36.3. The Hall–Kier alpha value is -0.710. The van der Waals surface area contributed by atoms with E-state index in [0.29, 0.717) is 19.8 Å². The van der Waals surface area contributed by atoms with Crippen molar-refractivity contribution < 1.29 is 14.2 Å². The number of ether oxygens (including phenoxy) is 3. The molecule has 3 aromatic carbocycles. The molecule has 1 aliphatic rings. The minimum atomic E-state index is -2.43. The molecule has 4 rings (SSSR count). The van der Waals surface area contributed by atoms with E-state index in [2.05, 4.69) is 61.9 Å². The van der Waals surface area contributed by atoms with Crippen LogP contribution in [0.2, 0.25) is 8.94 Å². The van der Waals surface area contributed by atoms with Crippen LogP contribution in [-0.4, -0.2) is 32.1 Å². The quantitative estimate of drug-likeness (QED) is 0.229. The van der Waals surface area contributed by atoms with E-state index in [9.17, 15) is 0 Å². The van der Waals surface area contributed by atoms with Crippen LogP contribution in [0.3, 0.4) is 0 Å². The monoisotopic (exact) mass is 676 g/mol. The van der Waals surface area contributed by atoms with Crippen LogP contribution in [0.1, 0.15) is 16.7 Å². The molecule has 2 atom stereocenters. The average molecular weight is 676 g/mol. The number of hydrogen-bond donors (Lipinski definition) is 0. The summed E-state index contributed by atoms with van der Waals surface area (Å²) in [5, 5.41) is 0. The Bertz CT molecular complexity index is 886. The Morgan fingerprint density at radius 3 is 1.28 bits per heavy atom. The summed E-state index contributed by atoms with van der Waals surface area (Å²) in [5.74, 6) is 0. The maximum absolute atomic E-state index is 6.50. The van der Waals surface area contributed by atoms with E-state index in [1.165, 1.54) is 11.1 Å². The summed E-state index contributed by atoms with van der Waals surface area (Å²) in [6, 6.07) is 31.0. The van der Waals surface area contributed by atoms with Crippen molar-refractivity contribution in [2.75, 3.05) is 0 Å². The first-order chi connectivity index (χ1) is 15.6. The summed E-state index contributed by atoms with van der Waals surface area (Å²) in [7, 11) is 0. The zero-order valence-corrected chi connectivity index (χ0v) is 23.3. The van der Waals surface area contributed by atoms with Crippen LogP contribution < -0.4 is 0 Å². The van der Waals surface area contributed by atoms with Crippen molar-refractivity contribution in [2.24, 2.45) is 0 Å². The van der Waals surface area contributed by atoms with Crippen LogP contribution in [-0.2, 0) is 34.0 Å². The SMILES string of the molecule is Br[Te]1(Br)C[C@@H](OCc2ccccc2)C(OCc2ccccc2)[C@H](OCc2ccccc2)C1. The molecule has 3 nitrogen and oxygen atoms in total. The molecule has 0 radical (unpaired) electrons. The molecule has 0 unspecified atom stereocenters. The van der Waals surface area contributed by atoms with E-state index in [0.717, 1.165) is 14.5 Å². The first kappa shape index (κ1) is 24.4. The van der Waals surface area contributed by atoms with Crippen molar-refractivity contribution in [3.63, 3.8) is 0 Å². The Morgan fingerprint density at radius 2 is 0.906 bits per heavy atom. The van der Waals surface area contributed by atoms with E-state index in [1.807, 2.05) is 54.6 Å². The molecule has 6 heteroatoms. The summed E-state index contributed by atoms with van der Waals surface area (Å²) in [6.07, 6.45) is -0.195. The molecule has 32 heavy (non-hydrogen) atoms. The third-order valence-electron chi connectivity index (χ3n) is 5.45. The van der Waals surface area contributed by atoms with Gasteiger partial charge in [-0.1, -0.05) is 0 Å². The van der Waals surface area contributed by atoms with Crippen molar-refractivity contribution in [3.8, 4) is 0 Å². The molecule has 0 aliphatic carbocycles. The average Bonchev–Trinajstić information content (AvgIpc) is 2.82. The Balaban J connectivity index is 1.49. The van der Waals surface area contributed by atoms with Crippen LogP contribution in [0.15, 0.2) is 91.0 Å². The molecule has 170 valence electrons. The first-order valence-electron chi connectivity index (χ1n) is 10.7. The van der Waals surface area contributed by atoms with Gasteiger partial charge >= 0.3 is 208 Å². The molecule has 0 aromatic heterocycles. The van der Waals surface area contributed by atoms with E-state index in [4.69, 9.17) is 14.2 Å². The number of halogens is 2. The van der Waals surface area contributed by atoms with Gasteiger partial charge < -0.3 is 0 Å². The fourth-order valence-electron chi connectivity index (χ4n) is 3.80. The van der Waals surface area contributed by atoms with Gasteiger partial charge in [0, 0.05) is 0 Å². The summed E-state index contributed by atoms with van der Waals surface area (Å²) < 4.78 is 21.4. The molecule has 0 spiro atoms. The van der Waals surface area contributed by atoms with Crippen molar-refractivity contribution >= 4 is 39.3 Å². The second-order valence-electron chi connectivity index (χ2n) is 7.96. The first-order valence-corrected chi connectivity index (χ1v) is 24.5. The van der Waals surface area contributed by atoms with Gasteiger partial charge in [-0.2, -0.15) is 0 Å². The molecule has 1 aliphatic heterocycles. The third-order valence-corrected chi connectivity index (χ3v) is 17.2. The van der Waals surface area contributed by atoms with Gasteiger partial charge in [0.2, 0.25) is 0 Å². The molecular weight excluding hydrogens is 648 g/mol. The predicted molar refractivity (Wildman–Crippen MR) is 138 cm³/mol. The summed E-state index contributed by atoms with van der Waals surface area (Å²) in [6.45, 7) is 1.69. The van der Waals surface area contributed by atoms with E-state index >= 15 is 0 Å². The summed E-state index contributed by atoms with van der Waals surface area (Å²) in [4.78, 5) is 0. The third kappa shape index (κ3) is 7.40. The van der Waals surface area contributed by atoms with E-state index in [-0.39, 0.29) is 18.3 Å². The summed E-state index contributed by atoms with van der Waals surface area (Å²) in [5.41, 5.74) is 3.50. The molecular formula is C26H28Br2O3Te. The van der Waals surface area contributed by atoms with Crippen LogP contribution >= 0.6 is 25.5 Å². The standard InChI is InChI=1S/C26H28Br2O3Te/c27-32(28)19-24(29-16-21-10-4-1-5-11-21)26(31-18-23-14-8-3-9-15-23)25(20-32)30-17-22-12-6-2-7-13-22/h1-15,24-26H,16-20H2/t24-,25-/m1/s1. The minimum absolute atomic E-state index is 0.0339. The molecule has 3 aromatic rings. The maximum atomic E-state index is 6.50. The van der Waals surface area contributed by atoms with Crippen molar-refractivity contribution in [1.82, 2.24) is 0 Å². The zero-order chi connectivity index (χ0) is 22.2. The number of hydrogen-bond acceptors (Lipinski definition) is 3. The topological polar surface area (TPSA) is 27.7 Å². The summed E-state index contributed by atoms with van der Waals surface area (Å²) >= 11 is 5.65. The van der Waals surface area contributed by atoms with Gasteiger partial charge in [-0.15, -0.1) is 0 Å². The van der Waals surface area contributed by atoms with Gasteiger partial charge in [-0.25, -0.2) is 0 Å². The Labute approximate surface area is 206 Å². The molecule has 1 saturated heterocycles. The van der Waals surface area contributed by atoms with Gasteiger partial charge in [0.25, 0.3) is 0 Å². The van der Waals surface area contributed by atoms with E-state index in [1.54, 1.807) is 0 Å². The van der Waals surface area contributed by atoms with Gasteiger partial charge in [0.15, 0.2) is 0 Å².